The maximum absolute atomic E-state index is 13.1. The lowest BCUT2D eigenvalue weighted by Gasteiger charge is -2.34. The second-order valence-electron chi connectivity index (χ2n) is 9.20. The van der Waals surface area contributed by atoms with Crippen LogP contribution in [0.25, 0.3) is 11.4 Å². The second-order valence-corrected chi connectivity index (χ2v) is 9.20. The summed E-state index contributed by atoms with van der Waals surface area (Å²) in [6.45, 7) is 7.95. The van der Waals surface area contributed by atoms with Crippen molar-refractivity contribution in [1.82, 2.24) is 15.3 Å². The lowest BCUT2D eigenvalue weighted by molar-refractivity contribution is 0.0939. The molecule has 4 rings (SSSR count). The first-order valence-corrected chi connectivity index (χ1v) is 12.1. The first kappa shape index (κ1) is 23.0. The van der Waals surface area contributed by atoms with Crippen LogP contribution < -0.4 is 10.2 Å². The average molecular weight is 443 g/mol. The van der Waals surface area contributed by atoms with Gasteiger partial charge in [0.1, 0.15) is 11.4 Å². The fourth-order valence-electron chi connectivity index (χ4n) is 4.40. The summed E-state index contributed by atoms with van der Waals surface area (Å²) in [5.74, 6) is 1.97. The minimum absolute atomic E-state index is 0.0958. The zero-order valence-corrected chi connectivity index (χ0v) is 19.9. The van der Waals surface area contributed by atoms with E-state index in [1.165, 1.54) is 5.56 Å². The van der Waals surface area contributed by atoms with Crippen LogP contribution in [0, 0.1) is 12.8 Å². The molecule has 172 valence electrons. The topological polar surface area (TPSA) is 58.1 Å². The molecule has 0 aliphatic carbocycles. The summed E-state index contributed by atoms with van der Waals surface area (Å²) in [5, 5.41) is 3.09. The highest BCUT2D eigenvalue weighted by molar-refractivity contribution is 5.99. The minimum Gasteiger partial charge on any atom is -0.356 e. The molecule has 1 aromatic heterocycles. The molecule has 1 N–H and O–H groups in total. The van der Waals surface area contributed by atoms with Gasteiger partial charge in [-0.25, -0.2) is 9.97 Å². The number of amides is 1. The van der Waals surface area contributed by atoms with E-state index in [2.05, 4.69) is 71.5 Å². The molecule has 1 aliphatic rings. The van der Waals surface area contributed by atoms with Crippen LogP contribution in [0.2, 0.25) is 0 Å². The van der Waals surface area contributed by atoms with Crippen LogP contribution in [0.4, 0.5) is 5.82 Å². The van der Waals surface area contributed by atoms with Gasteiger partial charge in [0.25, 0.3) is 5.91 Å². The number of carbonyl (C=O) groups excluding carboxylic acids is 1. The first-order valence-electron chi connectivity index (χ1n) is 12.1. The zero-order valence-electron chi connectivity index (χ0n) is 19.9. The fourth-order valence-corrected chi connectivity index (χ4v) is 4.40. The van der Waals surface area contributed by atoms with Gasteiger partial charge in [-0.1, -0.05) is 61.0 Å². The van der Waals surface area contributed by atoms with Gasteiger partial charge in [-0.05, 0) is 57.1 Å². The zero-order chi connectivity index (χ0) is 23.2. The van der Waals surface area contributed by atoms with Crippen LogP contribution in [0.5, 0.6) is 0 Å². The summed E-state index contributed by atoms with van der Waals surface area (Å²) in [7, 11) is 0. The largest absolute Gasteiger partial charge is 0.356 e. The number of nitrogens with one attached hydrogen (secondary N) is 1. The summed E-state index contributed by atoms with van der Waals surface area (Å²) in [5.41, 5.74) is 4.10. The highest BCUT2D eigenvalue weighted by Gasteiger charge is 2.26. The molecule has 0 saturated carbocycles. The van der Waals surface area contributed by atoms with Crippen LogP contribution >= 0.6 is 0 Å². The predicted molar refractivity (Wildman–Crippen MR) is 135 cm³/mol. The van der Waals surface area contributed by atoms with E-state index in [1.807, 2.05) is 19.1 Å². The Morgan fingerprint density at radius 2 is 1.88 bits per heavy atom. The number of carbonyl (C=O) groups is 1. The number of aromatic nitrogens is 2. The Bertz CT molecular complexity index is 1070. The van der Waals surface area contributed by atoms with Gasteiger partial charge in [0.2, 0.25) is 0 Å². The SMILES string of the molecule is CCC(C)NC(=O)c1cnc(-c2cccc(C)c2)nc1N1CCC(Cc2ccccc2)CC1. The molecular formula is C28H34N4O. The van der Waals surface area contributed by atoms with E-state index in [1.54, 1.807) is 6.20 Å². The van der Waals surface area contributed by atoms with Crippen molar-refractivity contribution in [1.29, 1.82) is 0 Å². The lowest BCUT2D eigenvalue weighted by Crippen LogP contribution is -2.38. The smallest absolute Gasteiger partial charge is 0.256 e. The summed E-state index contributed by atoms with van der Waals surface area (Å²) in [6.07, 6.45) is 5.87. The van der Waals surface area contributed by atoms with E-state index in [4.69, 9.17) is 4.98 Å². The van der Waals surface area contributed by atoms with Crippen molar-refractivity contribution in [3.05, 3.63) is 77.5 Å². The number of benzene rings is 2. The normalized spacial score (nSPS) is 15.3. The summed E-state index contributed by atoms with van der Waals surface area (Å²) in [4.78, 5) is 24.8. The van der Waals surface area contributed by atoms with Crippen molar-refractivity contribution in [3.63, 3.8) is 0 Å². The van der Waals surface area contributed by atoms with E-state index >= 15 is 0 Å². The van der Waals surface area contributed by atoms with Crippen LogP contribution in [-0.4, -0.2) is 35.0 Å². The Hall–Kier alpha value is -3.21. The molecule has 1 unspecified atom stereocenters. The number of aryl methyl sites for hydroxylation is 1. The van der Waals surface area contributed by atoms with Crippen molar-refractivity contribution >= 4 is 11.7 Å². The van der Waals surface area contributed by atoms with Gasteiger partial charge in [0.05, 0.1) is 0 Å². The summed E-state index contributed by atoms with van der Waals surface area (Å²) >= 11 is 0. The Morgan fingerprint density at radius 1 is 1.12 bits per heavy atom. The number of anilines is 1. The Balaban J connectivity index is 1.57. The fraction of sp³-hybridized carbons (Fsp3) is 0.393. The molecule has 1 fully saturated rings. The summed E-state index contributed by atoms with van der Waals surface area (Å²) in [6, 6.07) is 19.0. The molecule has 2 heterocycles. The molecular weight excluding hydrogens is 408 g/mol. The quantitative estimate of drug-likeness (QED) is 0.529. The molecule has 0 spiro atoms. The van der Waals surface area contributed by atoms with E-state index in [0.717, 1.165) is 55.7 Å². The van der Waals surface area contributed by atoms with Crippen molar-refractivity contribution in [2.24, 2.45) is 5.92 Å². The number of nitrogens with zero attached hydrogens (tertiary/aromatic N) is 3. The molecule has 5 nitrogen and oxygen atoms in total. The van der Waals surface area contributed by atoms with Gasteiger partial charge >= 0.3 is 0 Å². The maximum atomic E-state index is 13.1. The molecule has 1 aliphatic heterocycles. The molecule has 3 aromatic rings. The molecule has 2 aromatic carbocycles. The monoisotopic (exact) mass is 442 g/mol. The van der Waals surface area contributed by atoms with E-state index in [-0.39, 0.29) is 11.9 Å². The minimum atomic E-state index is -0.0958. The van der Waals surface area contributed by atoms with Crippen LogP contribution in [0.15, 0.2) is 60.8 Å². The number of piperidine rings is 1. The molecule has 5 heteroatoms. The van der Waals surface area contributed by atoms with Gasteiger partial charge in [-0.15, -0.1) is 0 Å². The van der Waals surface area contributed by atoms with E-state index in [9.17, 15) is 4.79 Å². The van der Waals surface area contributed by atoms with Gasteiger partial charge < -0.3 is 10.2 Å². The van der Waals surface area contributed by atoms with E-state index < -0.39 is 0 Å². The molecule has 1 amide bonds. The number of hydrogen-bond donors (Lipinski definition) is 1. The van der Waals surface area contributed by atoms with Gasteiger partial charge in [-0.2, -0.15) is 0 Å². The Morgan fingerprint density at radius 3 is 2.58 bits per heavy atom. The van der Waals surface area contributed by atoms with Gasteiger partial charge in [-0.3, -0.25) is 4.79 Å². The maximum Gasteiger partial charge on any atom is 0.256 e. The van der Waals surface area contributed by atoms with Crippen LogP contribution in [-0.2, 0) is 6.42 Å². The van der Waals surface area contributed by atoms with Gasteiger partial charge in [0.15, 0.2) is 5.82 Å². The van der Waals surface area contributed by atoms with Crippen molar-refractivity contribution in [2.75, 3.05) is 18.0 Å². The number of rotatable bonds is 7. The highest BCUT2D eigenvalue weighted by Crippen LogP contribution is 2.29. The van der Waals surface area contributed by atoms with E-state index in [0.29, 0.717) is 17.3 Å². The first-order chi connectivity index (χ1) is 16.0. The molecule has 0 bridgehead atoms. The van der Waals surface area contributed by atoms with Crippen LogP contribution in [0.3, 0.4) is 0 Å². The van der Waals surface area contributed by atoms with Crippen LogP contribution in [0.1, 0.15) is 54.6 Å². The van der Waals surface area contributed by atoms with Crippen molar-refractivity contribution in [2.45, 2.75) is 52.5 Å². The standard InChI is InChI=1S/C28H34N4O/c1-4-21(3)30-28(33)25-19-29-26(24-12-8-9-20(2)17-24)31-27(25)32-15-13-23(14-16-32)18-22-10-6-5-7-11-22/h5-12,17,19,21,23H,4,13-16,18H2,1-3H3,(H,30,33). The van der Waals surface area contributed by atoms with Crippen molar-refractivity contribution < 1.29 is 4.79 Å². The third-order valence-corrected chi connectivity index (χ3v) is 6.56. The van der Waals surface area contributed by atoms with Crippen molar-refractivity contribution in [3.8, 4) is 11.4 Å². The number of hydrogen-bond acceptors (Lipinski definition) is 4. The summed E-state index contributed by atoms with van der Waals surface area (Å²) < 4.78 is 0. The average Bonchev–Trinajstić information content (AvgIpc) is 2.84. The highest BCUT2D eigenvalue weighted by atomic mass is 16.1. The molecule has 33 heavy (non-hydrogen) atoms. The Kier molecular flexibility index (Phi) is 7.38. The lowest BCUT2D eigenvalue weighted by atomic mass is 9.90. The Labute approximate surface area is 197 Å². The molecule has 1 atom stereocenters. The third kappa shape index (κ3) is 5.78. The van der Waals surface area contributed by atoms with Gasteiger partial charge in [0, 0.05) is 30.9 Å². The molecule has 1 saturated heterocycles. The molecule has 0 radical (unpaired) electrons. The second kappa shape index (κ2) is 10.6. The third-order valence-electron chi connectivity index (χ3n) is 6.56. The predicted octanol–water partition coefficient (Wildman–Crippen LogP) is 5.44.